The number of nitrogens with zero attached hydrogens (tertiary/aromatic N) is 5. The first-order valence-electron chi connectivity index (χ1n) is 25.1. The minimum absolute atomic E-state index is 0.01000. The van der Waals surface area contributed by atoms with Gasteiger partial charge in [0.25, 0.3) is 5.91 Å². The monoisotopic (exact) mass is 1110 g/mol. The van der Waals surface area contributed by atoms with Crippen LogP contribution >= 0.6 is 23.6 Å². The minimum atomic E-state index is -4.80. The molecule has 2 saturated heterocycles. The zero-order valence-electron chi connectivity index (χ0n) is 44.0. The molecular formula is C54H66F3N7O11S2. The molecule has 77 heavy (non-hydrogen) atoms. The van der Waals surface area contributed by atoms with Crippen molar-refractivity contribution in [2.45, 2.75) is 90.8 Å². The number of amides is 4. The number of aryl methyl sites for hydroxylation is 1. The lowest BCUT2D eigenvalue weighted by Gasteiger charge is -2.35. The van der Waals surface area contributed by atoms with E-state index in [1.807, 2.05) is 52.0 Å². The first kappa shape index (κ1) is 60.1. The Bertz CT molecular complexity index is 2700. The van der Waals surface area contributed by atoms with Crippen LogP contribution < -0.4 is 25.2 Å². The third-order valence-corrected chi connectivity index (χ3v) is 13.9. The molecule has 416 valence electrons. The topological polar surface area (TPSA) is 214 Å². The standard InChI is InChI=1S/C54H66F3N7O11S2/c1-35-46(77-34-60-35)37-10-8-36(9-11-37)31-59-48(67)44-29-41(65)32-62(44)49(68)47(52(2,3)4)61-45(66)33-74-25-24-72-22-20-70-18-7-19-71-21-23-73-26-27-75-42-16-14-39(15-17-42)64-51(76)63(50(69)53(64,5)6)40-13-12-38(30-58)43(28-40)54(55,56)57/h8-17,28,34,41,44,47,65H,7,18-27,29,31-33H2,1-6H3,(H,59,67)(H,61,66)/t41-,44+,47?/m1/s1. The molecule has 0 bridgehead atoms. The second-order valence-electron chi connectivity index (χ2n) is 19.8. The number of alkyl halides is 3. The summed E-state index contributed by atoms with van der Waals surface area (Å²) in [5, 5.41) is 25.4. The van der Waals surface area contributed by atoms with Gasteiger partial charge in [0.15, 0.2) is 5.11 Å². The van der Waals surface area contributed by atoms with E-state index in [1.165, 1.54) is 11.0 Å². The molecule has 18 nitrogen and oxygen atoms in total. The van der Waals surface area contributed by atoms with Gasteiger partial charge in [0.2, 0.25) is 17.7 Å². The number of aliphatic hydroxyl groups excluding tert-OH is 1. The Morgan fingerprint density at radius 2 is 1.48 bits per heavy atom. The zero-order valence-corrected chi connectivity index (χ0v) is 45.6. The van der Waals surface area contributed by atoms with E-state index in [2.05, 4.69) is 15.6 Å². The molecule has 0 spiro atoms. The van der Waals surface area contributed by atoms with Gasteiger partial charge in [0.1, 0.15) is 36.6 Å². The van der Waals surface area contributed by atoms with Crippen molar-refractivity contribution in [2.24, 2.45) is 5.41 Å². The number of hydrogen-bond donors (Lipinski definition) is 3. The molecule has 3 atom stereocenters. The number of nitriles is 1. The van der Waals surface area contributed by atoms with E-state index in [4.69, 9.17) is 40.6 Å². The summed E-state index contributed by atoms with van der Waals surface area (Å²) in [6.07, 6.45) is -4.95. The lowest BCUT2D eigenvalue weighted by molar-refractivity contribution is -0.144. The van der Waals surface area contributed by atoms with E-state index in [0.717, 1.165) is 38.7 Å². The Balaban J connectivity index is 0.774. The molecule has 3 heterocycles. The number of ether oxygens (including phenoxy) is 6. The lowest BCUT2D eigenvalue weighted by Crippen LogP contribution is -2.58. The van der Waals surface area contributed by atoms with Crippen molar-refractivity contribution in [1.29, 1.82) is 5.26 Å². The molecule has 1 unspecified atom stereocenters. The van der Waals surface area contributed by atoms with Crippen LogP contribution in [0.2, 0.25) is 0 Å². The SMILES string of the molecule is Cc1ncsc1-c1ccc(CNC(=O)[C@@H]2C[C@@H](O)CN2C(=O)C(NC(=O)COCCOCCOCCCOCCOCCOc2ccc(N3C(=S)N(c4ccc(C#N)c(C(F)(F)F)c4)C(=O)C3(C)C)cc2)C(C)(C)C)cc1. The van der Waals surface area contributed by atoms with Crippen molar-refractivity contribution >= 4 is 63.7 Å². The van der Waals surface area contributed by atoms with Crippen molar-refractivity contribution in [3.63, 3.8) is 0 Å². The van der Waals surface area contributed by atoms with Crippen LogP contribution in [0.1, 0.15) is 69.8 Å². The van der Waals surface area contributed by atoms with Crippen molar-refractivity contribution < 1.29 is 65.9 Å². The summed E-state index contributed by atoms with van der Waals surface area (Å²) in [6, 6.07) is 17.3. The quantitative estimate of drug-likeness (QED) is 0.0425. The number of rotatable bonds is 27. The number of aromatic nitrogens is 1. The number of thiazole rings is 1. The van der Waals surface area contributed by atoms with E-state index in [1.54, 1.807) is 65.9 Å². The maximum atomic E-state index is 13.9. The lowest BCUT2D eigenvalue weighted by atomic mass is 9.85. The van der Waals surface area contributed by atoms with Crippen LogP contribution in [0.5, 0.6) is 5.75 Å². The van der Waals surface area contributed by atoms with Crippen LogP contribution in [0, 0.1) is 23.7 Å². The van der Waals surface area contributed by atoms with E-state index in [-0.39, 0.29) is 62.6 Å². The molecule has 23 heteroatoms. The van der Waals surface area contributed by atoms with Gasteiger partial charge in [-0.1, -0.05) is 45.0 Å². The molecule has 1 aromatic heterocycles. The minimum Gasteiger partial charge on any atom is -0.491 e. The maximum absolute atomic E-state index is 13.9. The number of thiocarbonyl (C=S) groups is 1. The number of nitrogens with one attached hydrogen (secondary N) is 2. The highest BCUT2D eigenvalue weighted by Gasteiger charge is 2.51. The van der Waals surface area contributed by atoms with Crippen LogP contribution in [0.3, 0.4) is 0 Å². The normalized spacial score (nSPS) is 16.9. The number of carbonyl (C=O) groups excluding carboxylic acids is 4. The van der Waals surface area contributed by atoms with Crippen LogP contribution in [0.25, 0.3) is 10.4 Å². The number of halogens is 3. The van der Waals surface area contributed by atoms with Crippen molar-refractivity contribution in [3.05, 3.63) is 94.6 Å². The largest absolute Gasteiger partial charge is 0.491 e. The van der Waals surface area contributed by atoms with Crippen LogP contribution in [0.15, 0.2) is 72.2 Å². The summed E-state index contributed by atoms with van der Waals surface area (Å²) in [4.78, 5) is 63.1. The molecule has 3 aromatic carbocycles. The number of aliphatic hydroxyl groups is 1. The smallest absolute Gasteiger partial charge is 0.417 e. The average Bonchev–Trinajstić information content (AvgIpc) is 4.06. The molecule has 0 radical (unpaired) electrons. The first-order chi connectivity index (χ1) is 36.6. The molecule has 2 aliphatic rings. The van der Waals surface area contributed by atoms with E-state index in [9.17, 15) is 42.7 Å². The highest BCUT2D eigenvalue weighted by Crippen LogP contribution is 2.40. The van der Waals surface area contributed by atoms with Gasteiger partial charge in [0, 0.05) is 38.4 Å². The number of anilines is 2. The third-order valence-electron chi connectivity index (χ3n) is 12.6. The maximum Gasteiger partial charge on any atom is 0.417 e. The van der Waals surface area contributed by atoms with Gasteiger partial charge in [-0.15, -0.1) is 11.3 Å². The summed E-state index contributed by atoms with van der Waals surface area (Å²) < 4.78 is 74.7. The summed E-state index contributed by atoms with van der Waals surface area (Å²) in [7, 11) is 0. The Morgan fingerprint density at radius 3 is 2.06 bits per heavy atom. The van der Waals surface area contributed by atoms with Crippen LogP contribution in [-0.2, 0) is 55.6 Å². The Labute approximate surface area is 455 Å². The van der Waals surface area contributed by atoms with Gasteiger partial charge < -0.3 is 54.0 Å². The summed E-state index contributed by atoms with van der Waals surface area (Å²) in [5.41, 5.74) is 1.45. The van der Waals surface area contributed by atoms with Crippen molar-refractivity contribution in [3.8, 4) is 22.3 Å². The molecule has 2 fully saturated rings. The number of β-amino-alcohol motifs (C(OH)–C–C–N with tert-alkyl or cyclic N) is 1. The Morgan fingerprint density at radius 1 is 0.883 bits per heavy atom. The van der Waals surface area contributed by atoms with E-state index >= 15 is 0 Å². The summed E-state index contributed by atoms with van der Waals surface area (Å²) in [6.45, 7) is 13.7. The molecular weight excluding hydrogens is 1040 g/mol. The molecule has 0 aliphatic carbocycles. The predicted octanol–water partition coefficient (Wildman–Crippen LogP) is 6.59. The molecule has 4 amide bonds. The van der Waals surface area contributed by atoms with Crippen molar-refractivity contribution in [2.75, 3.05) is 89.0 Å². The second kappa shape index (κ2) is 27.5. The van der Waals surface area contributed by atoms with Crippen molar-refractivity contribution in [1.82, 2.24) is 20.5 Å². The van der Waals surface area contributed by atoms with Gasteiger partial charge in [-0.2, -0.15) is 18.4 Å². The molecule has 6 rings (SSSR count). The molecule has 3 N–H and O–H groups in total. The van der Waals surface area contributed by atoms with E-state index in [0.29, 0.717) is 64.1 Å². The van der Waals surface area contributed by atoms with Gasteiger partial charge in [-0.05, 0) is 98.4 Å². The van der Waals surface area contributed by atoms with Gasteiger partial charge >= 0.3 is 6.18 Å². The molecule has 2 aliphatic heterocycles. The van der Waals surface area contributed by atoms with Gasteiger partial charge in [0.05, 0.1) is 91.3 Å². The fourth-order valence-electron chi connectivity index (χ4n) is 8.54. The number of carbonyl (C=O) groups is 4. The summed E-state index contributed by atoms with van der Waals surface area (Å²) >= 11 is 7.17. The number of benzene rings is 3. The summed E-state index contributed by atoms with van der Waals surface area (Å²) in [5.74, 6) is -1.36. The number of hydrogen-bond acceptors (Lipinski definition) is 15. The highest BCUT2D eigenvalue weighted by molar-refractivity contribution is 7.81. The Kier molecular flexibility index (Phi) is 21.5. The number of likely N-dealkylation sites (tertiary alicyclic amines) is 1. The van der Waals surface area contributed by atoms with Gasteiger partial charge in [-0.25, -0.2) is 4.98 Å². The van der Waals surface area contributed by atoms with Crippen LogP contribution in [-0.4, -0.2) is 147 Å². The van der Waals surface area contributed by atoms with E-state index < -0.39 is 64.2 Å². The predicted molar refractivity (Wildman–Crippen MR) is 285 cm³/mol. The average molecular weight is 1110 g/mol. The first-order valence-corrected chi connectivity index (χ1v) is 26.4. The highest BCUT2D eigenvalue weighted by atomic mass is 32.1. The zero-order chi connectivity index (χ0) is 55.9. The van der Waals surface area contributed by atoms with Crippen LogP contribution in [0.4, 0.5) is 24.5 Å². The third kappa shape index (κ3) is 16.2. The second-order valence-corrected chi connectivity index (χ2v) is 21.0. The van der Waals surface area contributed by atoms with Gasteiger partial charge in [-0.3, -0.25) is 24.1 Å². The fraction of sp³-hybridized carbons (Fsp3) is 0.500. The molecule has 0 saturated carbocycles. The molecule has 4 aromatic rings. The fourth-order valence-corrected chi connectivity index (χ4v) is 9.88. The Hall–Kier alpha value is -6.10.